The number of hydrogen-bond acceptors (Lipinski definition) is 4. The summed E-state index contributed by atoms with van der Waals surface area (Å²) in [6.45, 7) is 0. The summed E-state index contributed by atoms with van der Waals surface area (Å²) in [7, 11) is 0. The van der Waals surface area contributed by atoms with Gasteiger partial charge in [0.25, 0.3) is 0 Å². The maximum atomic E-state index is 9.96. The summed E-state index contributed by atoms with van der Waals surface area (Å²) in [6.07, 6.45) is 1.98. The van der Waals surface area contributed by atoms with Gasteiger partial charge in [0, 0.05) is 10.6 Å². The highest BCUT2D eigenvalue weighted by Crippen LogP contribution is 2.36. The van der Waals surface area contributed by atoms with E-state index in [9.17, 15) is 5.11 Å². The van der Waals surface area contributed by atoms with E-state index in [1.165, 1.54) is 0 Å². The third-order valence-electron chi connectivity index (χ3n) is 2.80. The molecule has 0 atom stereocenters. The molecule has 1 N–H and O–H groups in total. The van der Waals surface area contributed by atoms with E-state index in [0.717, 1.165) is 34.7 Å². The van der Waals surface area contributed by atoms with E-state index in [-0.39, 0.29) is 5.88 Å². The number of rotatable bonds is 1. The molecular weight excluding hydrogens is 268 g/mol. The van der Waals surface area contributed by atoms with Crippen LogP contribution in [0.15, 0.2) is 29.2 Å². The lowest BCUT2D eigenvalue weighted by Gasteiger charge is -2.15. The predicted molar refractivity (Wildman–Crippen MR) is 73.2 cm³/mol. The normalized spacial score (nSPS) is 14.3. The molecule has 0 aliphatic carbocycles. The van der Waals surface area contributed by atoms with Gasteiger partial charge >= 0.3 is 0 Å². The Bertz CT molecular complexity index is 604. The fourth-order valence-electron chi connectivity index (χ4n) is 1.97. The first-order valence-corrected chi connectivity index (χ1v) is 7.09. The van der Waals surface area contributed by atoms with E-state index < -0.39 is 0 Å². The van der Waals surface area contributed by atoms with Crippen molar-refractivity contribution in [3.05, 3.63) is 35.0 Å². The Morgan fingerprint density at radius 2 is 2.17 bits per heavy atom. The summed E-state index contributed by atoms with van der Waals surface area (Å²) >= 11 is 7.58. The molecule has 3 rings (SSSR count). The second-order valence-electron chi connectivity index (χ2n) is 4.11. The van der Waals surface area contributed by atoms with Gasteiger partial charge in [-0.05, 0) is 30.7 Å². The van der Waals surface area contributed by atoms with Gasteiger partial charge in [-0.25, -0.2) is 4.98 Å². The monoisotopic (exact) mass is 278 g/mol. The molecule has 18 heavy (non-hydrogen) atoms. The van der Waals surface area contributed by atoms with E-state index in [1.807, 2.05) is 12.1 Å². The number of benzene rings is 1. The second-order valence-corrected chi connectivity index (χ2v) is 5.65. The maximum absolute atomic E-state index is 9.96. The molecule has 0 radical (unpaired) electrons. The molecule has 2 aromatic rings. The van der Waals surface area contributed by atoms with Crippen molar-refractivity contribution in [1.29, 1.82) is 0 Å². The van der Waals surface area contributed by atoms with Crippen LogP contribution in [-0.4, -0.2) is 20.8 Å². The number of nitrogens with zero attached hydrogens (tertiary/aromatic N) is 2. The molecule has 0 saturated heterocycles. The minimum atomic E-state index is 0.0830. The van der Waals surface area contributed by atoms with Gasteiger partial charge in [0.15, 0.2) is 5.82 Å². The van der Waals surface area contributed by atoms with Gasteiger partial charge in [-0.2, -0.15) is 4.98 Å². The van der Waals surface area contributed by atoms with Crippen LogP contribution in [0, 0.1) is 0 Å². The van der Waals surface area contributed by atoms with Crippen LogP contribution in [0.1, 0.15) is 12.1 Å². The lowest BCUT2D eigenvalue weighted by molar-refractivity contribution is 0.435. The van der Waals surface area contributed by atoms with Crippen molar-refractivity contribution in [3.8, 4) is 17.3 Å². The molecule has 1 aromatic heterocycles. The van der Waals surface area contributed by atoms with Crippen molar-refractivity contribution in [1.82, 2.24) is 9.97 Å². The molecule has 92 valence electrons. The zero-order valence-electron chi connectivity index (χ0n) is 9.56. The van der Waals surface area contributed by atoms with Crippen molar-refractivity contribution < 1.29 is 5.11 Å². The molecule has 1 aromatic carbocycles. The number of halogens is 1. The van der Waals surface area contributed by atoms with Gasteiger partial charge in [0.05, 0.1) is 10.6 Å². The minimum Gasteiger partial charge on any atom is -0.492 e. The topological polar surface area (TPSA) is 46.0 Å². The Kier molecular flexibility index (Phi) is 3.14. The first-order valence-electron chi connectivity index (χ1n) is 5.72. The Morgan fingerprint density at radius 1 is 1.28 bits per heavy atom. The van der Waals surface area contributed by atoms with Gasteiger partial charge in [0.2, 0.25) is 5.88 Å². The third kappa shape index (κ3) is 2.18. The SMILES string of the molecule is Oc1nc(-c2cccc(Cl)c2)nc2c1SCCC2. The summed E-state index contributed by atoms with van der Waals surface area (Å²) in [5.74, 6) is 1.64. The molecule has 1 aliphatic rings. The molecule has 1 aliphatic heterocycles. The van der Waals surface area contributed by atoms with Crippen molar-refractivity contribution in [2.75, 3.05) is 5.75 Å². The van der Waals surface area contributed by atoms with E-state index in [4.69, 9.17) is 11.6 Å². The smallest absolute Gasteiger partial charge is 0.228 e. The number of aryl methyl sites for hydroxylation is 1. The molecule has 0 amide bonds. The Labute approximate surface area is 114 Å². The lowest BCUT2D eigenvalue weighted by atomic mass is 10.2. The largest absolute Gasteiger partial charge is 0.492 e. The molecule has 0 fully saturated rings. The summed E-state index contributed by atoms with van der Waals surface area (Å²) in [5.41, 5.74) is 1.77. The fraction of sp³-hybridized carbons (Fsp3) is 0.231. The first kappa shape index (κ1) is 11.8. The van der Waals surface area contributed by atoms with E-state index in [1.54, 1.807) is 23.9 Å². The third-order valence-corrected chi connectivity index (χ3v) is 4.24. The van der Waals surface area contributed by atoms with Crippen LogP contribution in [0.25, 0.3) is 11.4 Å². The number of hydrogen-bond donors (Lipinski definition) is 1. The number of aromatic hydroxyl groups is 1. The number of fused-ring (bicyclic) bond motifs is 1. The molecule has 5 heteroatoms. The molecule has 0 bridgehead atoms. The van der Waals surface area contributed by atoms with Crippen molar-refractivity contribution in [3.63, 3.8) is 0 Å². The van der Waals surface area contributed by atoms with E-state index >= 15 is 0 Å². The Morgan fingerprint density at radius 3 is 3.00 bits per heavy atom. The molecule has 0 spiro atoms. The van der Waals surface area contributed by atoms with Crippen LogP contribution in [-0.2, 0) is 6.42 Å². The maximum Gasteiger partial charge on any atom is 0.228 e. The summed E-state index contributed by atoms with van der Waals surface area (Å²) in [5, 5.41) is 10.6. The zero-order valence-corrected chi connectivity index (χ0v) is 11.1. The highest BCUT2D eigenvalue weighted by atomic mass is 35.5. The van der Waals surface area contributed by atoms with Gasteiger partial charge < -0.3 is 5.11 Å². The predicted octanol–water partition coefficient (Wildman–Crippen LogP) is 3.54. The summed E-state index contributed by atoms with van der Waals surface area (Å²) in [4.78, 5) is 9.52. The Balaban J connectivity index is 2.11. The van der Waals surface area contributed by atoms with Crippen molar-refractivity contribution >= 4 is 23.4 Å². The fourth-order valence-corrected chi connectivity index (χ4v) is 3.14. The standard InChI is InChI=1S/C13H11ClN2OS/c14-9-4-1-3-8(7-9)12-15-10-5-2-6-18-11(10)13(17)16-12/h1,3-4,7H,2,5-6H2,(H,15,16,17). The average Bonchev–Trinajstić information content (AvgIpc) is 2.39. The van der Waals surface area contributed by atoms with Gasteiger partial charge in [0.1, 0.15) is 0 Å². The number of thioether (sulfide) groups is 1. The lowest BCUT2D eigenvalue weighted by Crippen LogP contribution is -2.04. The molecule has 3 nitrogen and oxygen atoms in total. The second kappa shape index (κ2) is 4.78. The van der Waals surface area contributed by atoms with Gasteiger partial charge in [-0.1, -0.05) is 23.7 Å². The summed E-state index contributed by atoms with van der Waals surface area (Å²) < 4.78 is 0. The number of aromatic nitrogens is 2. The molecule has 2 heterocycles. The molecular formula is C13H11ClN2OS. The van der Waals surface area contributed by atoms with Gasteiger partial charge in [-0.15, -0.1) is 11.8 Å². The minimum absolute atomic E-state index is 0.0830. The van der Waals surface area contributed by atoms with Crippen LogP contribution in [0.2, 0.25) is 5.02 Å². The quantitative estimate of drug-likeness (QED) is 0.867. The molecule has 0 unspecified atom stereocenters. The highest BCUT2D eigenvalue weighted by molar-refractivity contribution is 7.99. The van der Waals surface area contributed by atoms with Crippen LogP contribution in [0.3, 0.4) is 0 Å². The zero-order chi connectivity index (χ0) is 12.5. The van der Waals surface area contributed by atoms with Crippen LogP contribution < -0.4 is 0 Å². The summed E-state index contributed by atoms with van der Waals surface area (Å²) in [6, 6.07) is 7.35. The van der Waals surface area contributed by atoms with Gasteiger partial charge in [-0.3, -0.25) is 0 Å². The first-order chi connectivity index (χ1) is 8.74. The van der Waals surface area contributed by atoms with Crippen LogP contribution >= 0.6 is 23.4 Å². The van der Waals surface area contributed by atoms with E-state index in [0.29, 0.717) is 10.8 Å². The average molecular weight is 279 g/mol. The van der Waals surface area contributed by atoms with Crippen LogP contribution in [0.5, 0.6) is 5.88 Å². The highest BCUT2D eigenvalue weighted by Gasteiger charge is 2.18. The molecule has 0 saturated carbocycles. The van der Waals surface area contributed by atoms with E-state index in [2.05, 4.69) is 9.97 Å². The Hall–Kier alpha value is -1.26. The van der Waals surface area contributed by atoms with Crippen molar-refractivity contribution in [2.45, 2.75) is 17.7 Å². The van der Waals surface area contributed by atoms with Crippen molar-refractivity contribution in [2.24, 2.45) is 0 Å². The van der Waals surface area contributed by atoms with Crippen LogP contribution in [0.4, 0.5) is 0 Å².